The van der Waals surface area contributed by atoms with Crippen molar-refractivity contribution >= 4 is 23.2 Å². The topological polar surface area (TPSA) is 64.7 Å². The van der Waals surface area contributed by atoms with Crippen LogP contribution in [0.4, 0.5) is 18.9 Å². The van der Waals surface area contributed by atoms with Crippen LogP contribution in [0.2, 0.25) is 5.02 Å². The Morgan fingerprint density at radius 3 is 2.45 bits per heavy atom. The minimum atomic E-state index is -4.68. The SMILES string of the molecule is Cc1cc(C)n(Cc2cccc(NC(=O)Cn3nc(C(F)(F)F)c(Cl)c3C)c2)n1. The van der Waals surface area contributed by atoms with E-state index in [-0.39, 0.29) is 12.2 Å². The summed E-state index contributed by atoms with van der Waals surface area (Å²) < 4.78 is 41.5. The van der Waals surface area contributed by atoms with Gasteiger partial charge in [-0.3, -0.25) is 14.2 Å². The number of carbonyl (C=O) groups is 1. The highest BCUT2D eigenvalue weighted by atomic mass is 35.5. The van der Waals surface area contributed by atoms with Gasteiger partial charge in [0.25, 0.3) is 0 Å². The zero-order valence-corrected chi connectivity index (χ0v) is 16.8. The summed E-state index contributed by atoms with van der Waals surface area (Å²) in [6, 6.07) is 9.15. The van der Waals surface area contributed by atoms with Gasteiger partial charge in [0.15, 0.2) is 5.69 Å². The molecule has 3 rings (SSSR count). The Hall–Kier alpha value is -2.81. The van der Waals surface area contributed by atoms with E-state index in [1.165, 1.54) is 6.92 Å². The van der Waals surface area contributed by atoms with Gasteiger partial charge in [0.2, 0.25) is 5.91 Å². The molecule has 3 aromatic rings. The molecule has 1 N–H and O–H groups in total. The number of aromatic nitrogens is 4. The molecule has 1 aromatic carbocycles. The van der Waals surface area contributed by atoms with E-state index in [0.29, 0.717) is 12.2 Å². The minimum Gasteiger partial charge on any atom is -0.324 e. The summed E-state index contributed by atoms with van der Waals surface area (Å²) in [6.07, 6.45) is -4.68. The lowest BCUT2D eigenvalue weighted by molar-refractivity contribution is -0.141. The molecule has 2 aromatic heterocycles. The van der Waals surface area contributed by atoms with E-state index in [2.05, 4.69) is 15.5 Å². The van der Waals surface area contributed by atoms with Crippen LogP contribution in [0.25, 0.3) is 0 Å². The van der Waals surface area contributed by atoms with Gasteiger partial charge in [-0.1, -0.05) is 23.7 Å². The van der Waals surface area contributed by atoms with Crippen molar-refractivity contribution in [3.63, 3.8) is 0 Å². The minimum absolute atomic E-state index is 0.0763. The molecule has 2 heterocycles. The third-order valence-electron chi connectivity index (χ3n) is 4.34. The third kappa shape index (κ3) is 4.79. The number of anilines is 1. The molecule has 0 unspecified atom stereocenters. The summed E-state index contributed by atoms with van der Waals surface area (Å²) in [5, 5.41) is 10.0. The largest absolute Gasteiger partial charge is 0.436 e. The number of amides is 1. The molecule has 0 aliphatic carbocycles. The Kier molecular flexibility index (Phi) is 5.70. The standard InChI is InChI=1S/C19H19ClF3N5O/c1-11-7-12(2)27(25-11)9-14-5-4-6-15(8-14)24-16(29)10-28-13(3)17(20)18(26-28)19(21,22)23/h4-8H,9-10H2,1-3H3,(H,24,29). The predicted molar refractivity (Wildman–Crippen MR) is 103 cm³/mol. The molecular formula is C19H19ClF3N5O. The fraction of sp³-hybridized carbons (Fsp3) is 0.316. The second-order valence-electron chi connectivity index (χ2n) is 6.74. The zero-order valence-electron chi connectivity index (χ0n) is 16.0. The highest BCUT2D eigenvalue weighted by molar-refractivity contribution is 6.32. The van der Waals surface area contributed by atoms with E-state index in [0.717, 1.165) is 21.6 Å². The summed E-state index contributed by atoms with van der Waals surface area (Å²) in [5.74, 6) is -0.510. The van der Waals surface area contributed by atoms with Crippen molar-refractivity contribution in [3.05, 3.63) is 63.7 Å². The van der Waals surface area contributed by atoms with Gasteiger partial charge in [-0.2, -0.15) is 23.4 Å². The van der Waals surface area contributed by atoms with Crippen LogP contribution in [0.1, 0.15) is 28.3 Å². The second kappa shape index (κ2) is 7.90. The quantitative estimate of drug-likeness (QED) is 0.660. The first kappa shape index (κ1) is 20.9. The molecule has 1 amide bonds. The van der Waals surface area contributed by atoms with E-state index in [4.69, 9.17) is 11.6 Å². The van der Waals surface area contributed by atoms with Gasteiger partial charge in [0, 0.05) is 11.4 Å². The lowest BCUT2D eigenvalue weighted by Gasteiger charge is -2.09. The summed E-state index contributed by atoms with van der Waals surface area (Å²) in [6.45, 7) is 5.40. The monoisotopic (exact) mass is 425 g/mol. The number of nitrogens with zero attached hydrogens (tertiary/aromatic N) is 4. The predicted octanol–water partition coefficient (Wildman–Crippen LogP) is 4.36. The molecule has 6 nitrogen and oxygen atoms in total. The lowest BCUT2D eigenvalue weighted by atomic mass is 10.2. The molecule has 0 aliphatic rings. The van der Waals surface area contributed by atoms with Crippen LogP contribution in [0.5, 0.6) is 0 Å². The maximum absolute atomic E-state index is 12.9. The number of hydrogen-bond acceptors (Lipinski definition) is 3. The van der Waals surface area contributed by atoms with Gasteiger partial charge in [-0.05, 0) is 44.5 Å². The maximum atomic E-state index is 12.9. The Morgan fingerprint density at radius 1 is 1.14 bits per heavy atom. The van der Waals surface area contributed by atoms with E-state index in [1.807, 2.05) is 30.7 Å². The van der Waals surface area contributed by atoms with Crippen molar-refractivity contribution in [3.8, 4) is 0 Å². The molecule has 0 saturated heterocycles. The van der Waals surface area contributed by atoms with Crippen LogP contribution in [-0.4, -0.2) is 25.5 Å². The van der Waals surface area contributed by atoms with Gasteiger partial charge < -0.3 is 5.32 Å². The van der Waals surface area contributed by atoms with Crippen molar-refractivity contribution < 1.29 is 18.0 Å². The van der Waals surface area contributed by atoms with Crippen molar-refractivity contribution in [2.24, 2.45) is 0 Å². The number of benzene rings is 1. The highest BCUT2D eigenvalue weighted by Crippen LogP contribution is 2.35. The molecule has 29 heavy (non-hydrogen) atoms. The summed E-state index contributed by atoms with van der Waals surface area (Å²) in [4.78, 5) is 12.3. The molecule has 0 spiro atoms. The number of nitrogens with one attached hydrogen (secondary N) is 1. The maximum Gasteiger partial charge on any atom is 0.436 e. The average Bonchev–Trinajstić information content (AvgIpc) is 3.07. The van der Waals surface area contributed by atoms with Crippen molar-refractivity contribution in [1.82, 2.24) is 19.6 Å². The Balaban J connectivity index is 1.71. The molecule has 10 heteroatoms. The van der Waals surface area contributed by atoms with Gasteiger partial charge in [0.1, 0.15) is 6.54 Å². The number of rotatable bonds is 5. The Labute approximate surface area is 170 Å². The lowest BCUT2D eigenvalue weighted by Crippen LogP contribution is -2.21. The highest BCUT2D eigenvalue weighted by Gasteiger charge is 2.38. The number of aryl methyl sites for hydroxylation is 2. The Bertz CT molecular complexity index is 1050. The normalized spacial score (nSPS) is 11.7. The summed E-state index contributed by atoms with van der Waals surface area (Å²) in [7, 11) is 0. The van der Waals surface area contributed by atoms with Crippen LogP contribution in [-0.2, 0) is 24.1 Å². The first-order chi connectivity index (χ1) is 13.5. The zero-order chi connectivity index (χ0) is 21.3. The number of carbonyl (C=O) groups excluding carboxylic acids is 1. The molecule has 154 valence electrons. The molecule has 0 atom stereocenters. The van der Waals surface area contributed by atoms with Gasteiger partial charge in [-0.15, -0.1) is 0 Å². The van der Waals surface area contributed by atoms with Crippen molar-refractivity contribution in [1.29, 1.82) is 0 Å². The Morgan fingerprint density at radius 2 is 1.86 bits per heavy atom. The van der Waals surface area contributed by atoms with Gasteiger partial charge >= 0.3 is 6.18 Å². The van der Waals surface area contributed by atoms with E-state index >= 15 is 0 Å². The smallest absolute Gasteiger partial charge is 0.324 e. The number of halogens is 4. The van der Waals surface area contributed by atoms with Crippen LogP contribution in [0.3, 0.4) is 0 Å². The van der Waals surface area contributed by atoms with E-state index < -0.39 is 22.8 Å². The molecule has 0 radical (unpaired) electrons. The fourth-order valence-corrected chi connectivity index (χ4v) is 3.19. The van der Waals surface area contributed by atoms with Crippen molar-refractivity contribution in [2.45, 2.75) is 40.0 Å². The number of hydrogen-bond donors (Lipinski definition) is 1. The molecule has 0 fully saturated rings. The second-order valence-corrected chi connectivity index (χ2v) is 7.11. The van der Waals surface area contributed by atoms with Crippen LogP contribution >= 0.6 is 11.6 Å². The first-order valence-electron chi connectivity index (χ1n) is 8.74. The first-order valence-corrected chi connectivity index (χ1v) is 9.12. The van der Waals surface area contributed by atoms with Crippen LogP contribution in [0.15, 0.2) is 30.3 Å². The van der Waals surface area contributed by atoms with Crippen molar-refractivity contribution in [2.75, 3.05) is 5.32 Å². The third-order valence-corrected chi connectivity index (χ3v) is 4.79. The fourth-order valence-electron chi connectivity index (χ4n) is 2.95. The van der Waals surface area contributed by atoms with E-state index in [9.17, 15) is 18.0 Å². The van der Waals surface area contributed by atoms with Crippen LogP contribution < -0.4 is 5.32 Å². The number of alkyl halides is 3. The van der Waals surface area contributed by atoms with E-state index in [1.54, 1.807) is 18.2 Å². The summed E-state index contributed by atoms with van der Waals surface area (Å²) >= 11 is 5.71. The molecular weight excluding hydrogens is 407 g/mol. The molecule has 0 aliphatic heterocycles. The molecule has 0 bridgehead atoms. The molecule has 0 saturated carbocycles. The van der Waals surface area contributed by atoms with Gasteiger partial charge in [-0.25, -0.2) is 0 Å². The summed E-state index contributed by atoms with van der Waals surface area (Å²) in [5.41, 5.74) is 2.26. The van der Waals surface area contributed by atoms with Gasteiger partial charge in [0.05, 0.1) is 23.0 Å². The average molecular weight is 426 g/mol. The van der Waals surface area contributed by atoms with Crippen LogP contribution in [0, 0.1) is 20.8 Å².